The summed E-state index contributed by atoms with van der Waals surface area (Å²) in [6, 6.07) is 9.35. The largest absolute Gasteiger partial charge is 0.490 e. The number of hydrogen-bond acceptors (Lipinski definition) is 7. The molecule has 2 aromatic carbocycles. The minimum Gasteiger partial charge on any atom is -0.490 e. The third-order valence-electron chi connectivity index (χ3n) is 4.12. The summed E-state index contributed by atoms with van der Waals surface area (Å²) in [4.78, 5) is 46.6. The second-order valence-corrected chi connectivity index (χ2v) is 6.28. The van der Waals surface area contributed by atoms with Crippen LogP contribution in [0.5, 0.6) is 5.75 Å². The van der Waals surface area contributed by atoms with Gasteiger partial charge in [0.15, 0.2) is 5.75 Å². The summed E-state index contributed by atoms with van der Waals surface area (Å²) in [6.45, 7) is 1.34. The number of amides is 2. The van der Waals surface area contributed by atoms with Crippen molar-refractivity contribution in [2.24, 2.45) is 0 Å². The molecule has 2 aromatic rings. The van der Waals surface area contributed by atoms with Gasteiger partial charge < -0.3 is 20.1 Å². The van der Waals surface area contributed by atoms with Crippen LogP contribution in [-0.4, -0.2) is 43.0 Å². The molecule has 2 N–H and O–H groups in total. The molecule has 2 rings (SSSR count). The summed E-state index contributed by atoms with van der Waals surface area (Å²) in [7, 11) is 2.49. The second kappa shape index (κ2) is 10.0. The lowest BCUT2D eigenvalue weighted by Crippen LogP contribution is -2.43. The molecule has 158 valence electrons. The number of methoxy groups -OCH3 is 2. The number of carbonyl (C=O) groups excluding carboxylic acids is 3. The van der Waals surface area contributed by atoms with Crippen LogP contribution in [0.2, 0.25) is 0 Å². The summed E-state index contributed by atoms with van der Waals surface area (Å²) in [5, 5.41) is 16.3. The number of ether oxygens (including phenoxy) is 2. The molecule has 0 fully saturated rings. The van der Waals surface area contributed by atoms with Gasteiger partial charge in [-0.1, -0.05) is 12.1 Å². The lowest BCUT2D eigenvalue weighted by Gasteiger charge is -2.17. The molecule has 1 atom stereocenters. The monoisotopic (exact) mass is 415 g/mol. The molecule has 0 heterocycles. The van der Waals surface area contributed by atoms with Crippen molar-refractivity contribution in [2.75, 3.05) is 19.5 Å². The molecule has 0 spiro atoms. The predicted molar refractivity (Wildman–Crippen MR) is 107 cm³/mol. The highest BCUT2D eigenvalue weighted by molar-refractivity contribution is 5.98. The number of nitrogens with zero attached hydrogens (tertiary/aromatic N) is 1. The quantitative estimate of drug-likeness (QED) is 0.382. The van der Waals surface area contributed by atoms with Gasteiger partial charge in [0.2, 0.25) is 5.91 Å². The van der Waals surface area contributed by atoms with Crippen LogP contribution >= 0.6 is 0 Å². The molecular weight excluding hydrogens is 394 g/mol. The normalized spacial score (nSPS) is 11.2. The van der Waals surface area contributed by atoms with E-state index >= 15 is 0 Å². The van der Waals surface area contributed by atoms with Crippen LogP contribution in [0.4, 0.5) is 11.4 Å². The Labute approximate surface area is 172 Å². The van der Waals surface area contributed by atoms with Crippen LogP contribution in [0.1, 0.15) is 22.8 Å². The first-order chi connectivity index (χ1) is 14.2. The van der Waals surface area contributed by atoms with Gasteiger partial charge >= 0.3 is 11.7 Å². The zero-order valence-corrected chi connectivity index (χ0v) is 16.6. The number of nitro benzene ring substituents is 1. The predicted octanol–water partition coefficient (Wildman–Crippen LogP) is 2.08. The van der Waals surface area contributed by atoms with E-state index in [1.807, 2.05) is 0 Å². The van der Waals surface area contributed by atoms with Gasteiger partial charge in [0.25, 0.3) is 5.91 Å². The van der Waals surface area contributed by atoms with Crippen molar-refractivity contribution >= 4 is 29.2 Å². The van der Waals surface area contributed by atoms with E-state index in [4.69, 9.17) is 9.47 Å². The Morgan fingerprint density at radius 3 is 2.47 bits per heavy atom. The van der Waals surface area contributed by atoms with E-state index in [0.717, 1.165) is 0 Å². The van der Waals surface area contributed by atoms with Crippen LogP contribution in [0.25, 0.3) is 0 Å². The molecule has 2 amide bonds. The fourth-order valence-corrected chi connectivity index (χ4v) is 2.76. The summed E-state index contributed by atoms with van der Waals surface area (Å²) in [5.74, 6) is -1.49. The van der Waals surface area contributed by atoms with Crippen molar-refractivity contribution in [1.29, 1.82) is 0 Å². The Kier molecular flexibility index (Phi) is 7.45. The Morgan fingerprint density at radius 1 is 1.13 bits per heavy atom. The summed E-state index contributed by atoms with van der Waals surface area (Å²) in [6.07, 6.45) is -0.0331. The maximum atomic E-state index is 12.6. The molecule has 10 heteroatoms. The molecular formula is C20H21N3O7. The molecule has 0 unspecified atom stereocenters. The Balaban J connectivity index is 2.24. The van der Waals surface area contributed by atoms with E-state index < -0.39 is 22.8 Å². The first kappa shape index (κ1) is 22.3. The van der Waals surface area contributed by atoms with Crippen LogP contribution < -0.4 is 15.4 Å². The third-order valence-corrected chi connectivity index (χ3v) is 4.12. The Bertz CT molecular complexity index is 975. The Hall–Kier alpha value is -3.95. The number of benzene rings is 2. The standard InChI is InChI=1S/C20H21N3O7/c1-12(24)21-15-6-4-5-14(11-15)19(25)22-16(20(26)30-3)9-13-7-8-18(29-2)17(10-13)23(27)28/h4-8,10-11,16H,9H2,1-3H3,(H,21,24)(H,22,25)/t16-/m0/s1. The maximum Gasteiger partial charge on any atom is 0.328 e. The smallest absolute Gasteiger partial charge is 0.328 e. The van der Waals surface area contributed by atoms with Crippen LogP contribution in [0, 0.1) is 10.1 Å². The number of nitro groups is 1. The minimum absolute atomic E-state index is 0.0331. The number of nitrogens with one attached hydrogen (secondary N) is 2. The molecule has 0 aliphatic rings. The van der Waals surface area contributed by atoms with Gasteiger partial charge in [0, 0.05) is 30.7 Å². The fourth-order valence-electron chi connectivity index (χ4n) is 2.76. The molecule has 0 bridgehead atoms. The third kappa shape index (κ3) is 5.77. The van der Waals surface area contributed by atoms with E-state index in [1.165, 1.54) is 45.4 Å². The van der Waals surface area contributed by atoms with E-state index in [9.17, 15) is 24.5 Å². The highest BCUT2D eigenvalue weighted by Gasteiger charge is 2.24. The highest BCUT2D eigenvalue weighted by atomic mass is 16.6. The summed E-state index contributed by atoms with van der Waals surface area (Å²) in [5.41, 5.74) is 0.824. The van der Waals surface area contributed by atoms with E-state index in [1.54, 1.807) is 18.2 Å². The molecule has 0 aliphatic carbocycles. The molecule has 0 aliphatic heterocycles. The summed E-state index contributed by atoms with van der Waals surface area (Å²) >= 11 is 0. The zero-order chi connectivity index (χ0) is 22.3. The van der Waals surface area contributed by atoms with Crippen molar-refractivity contribution < 1.29 is 28.8 Å². The fraction of sp³-hybridized carbons (Fsp3) is 0.250. The van der Waals surface area contributed by atoms with Gasteiger partial charge in [0.1, 0.15) is 6.04 Å². The second-order valence-electron chi connectivity index (χ2n) is 6.28. The average Bonchev–Trinajstić information content (AvgIpc) is 2.72. The number of carbonyl (C=O) groups is 3. The van der Waals surface area contributed by atoms with Crippen LogP contribution in [0.3, 0.4) is 0 Å². The number of hydrogen-bond donors (Lipinski definition) is 2. The minimum atomic E-state index is -1.08. The average molecular weight is 415 g/mol. The summed E-state index contributed by atoms with van der Waals surface area (Å²) < 4.78 is 9.71. The maximum absolute atomic E-state index is 12.6. The van der Waals surface area contributed by atoms with E-state index in [2.05, 4.69) is 10.6 Å². The van der Waals surface area contributed by atoms with Gasteiger partial charge in [-0.25, -0.2) is 4.79 Å². The topological polar surface area (TPSA) is 137 Å². The van der Waals surface area contributed by atoms with E-state index in [-0.39, 0.29) is 29.3 Å². The highest BCUT2D eigenvalue weighted by Crippen LogP contribution is 2.28. The molecule has 30 heavy (non-hydrogen) atoms. The lowest BCUT2D eigenvalue weighted by atomic mass is 10.0. The van der Waals surface area contributed by atoms with Crippen LogP contribution in [0.15, 0.2) is 42.5 Å². The lowest BCUT2D eigenvalue weighted by molar-refractivity contribution is -0.385. The molecule has 0 saturated carbocycles. The van der Waals surface area contributed by atoms with Gasteiger partial charge in [-0.2, -0.15) is 0 Å². The van der Waals surface area contributed by atoms with Crippen molar-refractivity contribution in [3.63, 3.8) is 0 Å². The molecule has 10 nitrogen and oxygen atoms in total. The number of rotatable bonds is 8. The molecule has 0 saturated heterocycles. The number of esters is 1. The van der Waals surface area contributed by atoms with Gasteiger partial charge in [-0.15, -0.1) is 0 Å². The van der Waals surface area contributed by atoms with Crippen molar-refractivity contribution in [1.82, 2.24) is 5.32 Å². The van der Waals surface area contributed by atoms with Gasteiger partial charge in [0.05, 0.1) is 19.1 Å². The van der Waals surface area contributed by atoms with Gasteiger partial charge in [-0.3, -0.25) is 19.7 Å². The van der Waals surface area contributed by atoms with Crippen molar-refractivity contribution in [2.45, 2.75) is 19.4 Å². The SMILES string of the molecule is COC(=O)[C@H](Cc1ccc(OC)c([N+](=O)[O-])c1)NC(=O)c1cccc(NC(C)=O)c1. The Morgan fingerprint density at radius 2 is 1.87 bits per heavy atom. The van der Waals surface area contributed by atoms with Crippen molar-refractivity contribution in [3.05, 3.63) is 63.7 Å². The molecule has 0 radical (unpaired) electrons. The van der Waals surface area contributed by atoms with E-state index in [0.29, 0.717) is 11.3 Å². The zero-order valence-electron chi connectivity index (χ0n) is 16.6. The van der Waals surface area contributed by atoms with Gasteiger partial charge in [-0.05, 0) is 29.8 Å². The molecule has 0 aromatic heterocycles. The first-order valence-corrected chi connectivity index (χ1v) is 8.82. The van der Waals surface area contributed by atoms with Crippen LogP contribution in [-0.2, 0) is 20.7 Å². The van der Waals surface area contributed by atoms with Crippen molar-refractivity contribution in [3.8, 4) is 5.75 Å². The number of anilines is 1. The first-order valence-electron chi connectivity index (χ1n) is 8.82.